The Balaban J connectivity index is 1.45. The van der Waals surface area contributed by atoms with Crippen molar-refractivity contribution in [3.63, 3.8) is 0 Å². The van der Waals surface area contributed by atoms with Gasteiger partial charge in [0.1, 0.15) is 11.2 Å². The van der Waals surface area contributed by atoms with E-state index in [1.165, 1.54) is 0 Å². The molecule has 0 fully saturated rings. The van der Waals surface area contributed by atoms with Gasteiger partial charge >= 0.3 is 0 Å². The quantitative estimate of drug-likeness (QED) is 0.296. The molecule has 6 heteroatoms. The maximum atomic E-state index is 13.8. The van der Waals surface area contributed by atoms with E-state index in [-0.39, 0.29) is 11.9 Å². The van der Waals surface area contributed by atoms with Crippen molar-refractivity contribution in [2.75, 3.05) is 10.6 Å². The summed E-state index contributed by atoms with van der Waals surface area (Å²) < 4.78 is 8.19. The highest BCUT2D eigenvalue weighted by Gasteiger charge is 2.34. The number of nitrogens with zero attached hydrogens (tertiary/aromatic N) is 2. The highest BCUT2D eigenvalue weighted by Crippen LogP contribution is 2.41. The van der Waals surface area contributed by atoms with Gasteiger partial charge < -0.3 is 15.1 Å². The average molecular weight is 471 g/mol. The van der Waals surface area contributed by atoms with E-state index < -0.39 is 0 Å². The number of allylic oxidation sites excluding steroid dienone is 1. The van der Waals surface area contributed by atoms with Crippen LogP contribution in [0.15, 0.2) is 113 Å². The number of rotatable bonds is 3. The van der Waals surface area contributed by atoms with Crippen LogP contribution in [0.3, 0.4) is 0 Å². The van der Waals surface area contributed by atoms with E-state index in [1.807, 2.05) is 91.9 Å². The maximum Gasteiger partial charge on any atom is 0.255 e. The molecule has 36 heavy (non-hydrogen) atoms. The smallest absolute Gasteiger partial charge is 0.255 e. The zero-order valence-corrected chi connectivity index (χ0v) is 19.5. The van der Waals surface area contributed by atoms with Gasteiger partial charge in [-0.1, -0.05) is 54.6 Å². The van der Waals surface area contributed by atoms with Gasteiger partial charge in [-0.3, -0.25) is 9.36 Å². The normalized spacial score (nSPS) is 15.3. The lowest BCUT2D eigenvalue weighted by Gasteiger charge is -2.30. The highest BCUT2D eigenvalue weighted by atomic mass is 16.3. The largest absolute Gasteiger partial charge is 0.456 e. The first kappa shape index (κ1) is 20.5. The van der Waals surface area contributed by atoms with Crippen LogP contribution in [0.1, 0.15) is 18.5 Å². The molecule has 0 aliphatic carbocycles. The van der Waals surface area contributed by atoms with Crippen LogP contribution in [0.2, 0.25) is 0 Å². The first-order valence-electron chi connectivity index (χ1n) is 11.9. The number of fused-ring (bicyclic) bond motifs is 6. The number of hydrogen-bond donors (Lipinski definition) is 2. The van der Waals surface area contributed by atoms with E-state index in [0.29, 0.717) is 11.5 Å². The van der Waals surface area contributed by atoms with Gasteiger partial charge in [-0.15, -0.1) is 0 Å². The minimum atomic E-state index is -0.379. The Morgan fingerprint density at radius 1 is 0.889 bits per heavy atom. The molecule has 7 rings (SSSR count). The van der Waals surface area contributed by atoms with Crippen molar-refractivity contribution >= 4 is 50.5 Å². The molecule has 3 heterocycles. The molecule has 174 valence electrons. The Hall–Kier alpha value is -4.84. The highest BCUT2D eigenvalue weighted by molar-refractivity contribution is 6.08. The predicted molar refractivity (Wildman–Crippen MR) is 143 cm³/mol. The van der Waals surface area contributed by atoms with Crippen LogP contribution in [-0.2, 0) is 4.79 Å². The second-order valence-electron chi connectivity index (χ2n) is 9.03. The third-order valence-corrected chi connectivity index (χ3v) is 6.82. The molecular formula is C30H22N4O2. The van der Waals surface area contributed by atoms with Gasteiger partial charge in [0.25, 0.3) is 5.91 Å². The fourth-order valence-electron chi connectivity index (χ4n) is 5.21. The molecule has 0 bridgehead atoms. The molecule has 0 saturated heterocycles. The molecule has 1 atom stereocenters. The number of nitrogens with one attached hydrogen (secondary N) is 2. The van der Waals surface area contributed by atoms with E-state index in [2.05, 4.69) is 27.3 Å². The number of imidazole rings is 1. The van der Waals surface area contributed by atoms with E-state index in [4.69, 9.17) is 9.40 Å². The molecule has 2 N–H and O–H groups in total. The Morgan fingerprint density at radius 2 is 1.64 bits per heavy atom. The molecule has 6 nitrogen and oxygen atoms in total. The van der Waals surface area contributed by atoms with Crippen molar-refractivity contribution in [2.45, 2.75) is 13.0 Å². The summed E-state index contributed by atoms with van der Waals surface area (Å²) in [5, 5.41) is 8.54. The minimum Gasteiger partial charge on any atom is -0.456 e. The fourth-order valence-corrected chi connectivity index (χ4v) is 5.21. The van der Waals surface area contributed by atoms with Crippen LogP contribution in [0.4, 0.5) is 11.6 Å². The van der Waals surface area contributed by atoms with E-state index in [9.17, 15) is 4.79 Å². The number of carbonyl (C=O) groups excluding carboxylic acids is 1. The standard InChI is InChI=1S/C30H22N4O2/c1-18-27(29(35)32-20-9-3-2-4-10-20)28(34-24-13-7-6-12-23(24)33-30(34)31-18)19-15-16-26-22(17-19)21-11-5-8-14-25(21)36-26/h2-17,28H,1H3,(H,31,33)(H,32,35)/t28-/m1/s1. The number of para-hydroxylation sites is 4. The minimum absolute atomic E-state index is 0.156. The summed E-state index contributed by atoms with van der Waals surface area (Å²) >= 11 is 0. The van der Waals surface area contributed by atoms with Crippen LogP contribution in [0, 0.1) is 0 Å². The molecule has 0 unspecified atom stereocenters. The Labute approximate surface area is 206 Å². The van der Waals surface area contributed by atoms with Gasteiger partial charge in [0.2, 0.25) is 5.95 Å². The van der Waals surface area contributed by atoms with E-state index in [1.54, 1.807) is 0 Å². The Morgan fingerprint density at radius 3 is 2.53 bits per heavy atom. The fraction of sp³-hybridized carbons (Fsp3) is 0.0667. The lowest BCUT2D eigenvalue weighted by atomic mass is 9.93. The summed E-state index contributed by atoms with van der Waals surface area (Å²) in [6.07, 6.45) is 0. The Kier molecular flexibility index (Phi) is 4.48. The van der Waals surface area contributed by atoms with Crippen LogP contribution in [-0.4, -0.2) is 15.5 Å². The molecular weight excluding hydrogens is 448 g/mol. The third-order valence-electron chi connectivity index (χ3n) is 6.82. The van der Waals surface area contributed by atoms with Crippen molar-refractivity contribution < 1.29 is 9.21 Å². The molecule has 6 aromatic rings. The number of benzene rings is 4. The van der Waals surface area contributed by atoms with Crippen LogP contribution in [0.25, 0.3) is 33.0 Å². The van der Waals surface area contributed by atoms with Crippen molar-refractivity contribution in [3.8, 4) is 0 Å². The zero-order chi connectivity index (χ0) is 24.2. The molecule has 1 aliphatic rings. The van der Waals surface area contributed by atoms with E-state index >= 15 is 0 Å². The number of aromatic nitrogens is 2. The molecule has 1 aliphatic heterocycles. The zero-order valence-electron chi connectivity index (χ0n) is 19.5. The lowest BCUT2D eigenvalue weighted by Crippen LogP contribution is -2.30. The lowest BCUT2D eigenvalue weighted by molar-refractivity contribution is -0.113. The summed E-state index contributed by atoms with van der Waals surface area (Å²) in [6.45, 7) is 1.93. The monoisotopic (exact) mass is 470 g/mol. The number of anilines is 2. The molecule has 0 spiro atoms. The van der Waals surface area contributed by atoms with Crippen molar-refractivity contribution in [1.29, 1.82) is 0 Å². The molecule has 1 amide bonds. The van der Waals surface area contributed by atoms with Crippen LogP contribution < -0.4 is 10.6 Å². The average Bonchev–Trinajstić information content (AvgIpc) is 3.46. The first-order chi connectivity index (χ1) is 17.7. The second-order valence-corrected chi connectivity index (χ2v) is 9.03. The number of carbonyl (C=O) groups is 1. The second kappa shape index (κ2) is 7.85. The van der Waals surface area contributed by atoms with Gasteiger partial charge in [-0.05, 0) is 55.0 Å². The first-order valence-corrected chi connectivity index (χ1v) is 11.9. The number of amides is 1. The number of hydrogen-bond acceptors (Lipinski definition) is 4. The maximum absolute atomic E-state index is 13.8. The van der Waals surface area contributed by atoms with Crippen molar-refractivity contribution in [2.24, 2.45) is 0 Å². The molecule has 0 saturated carbocycles. The predicted octanol–water partition coefficient (Wildman–Crippen LogP) is 6.86. The SMILES string of the molecule is CC1=C(C(=O)Nc2ccccc2)[C@@H](c2ccc3oc4ccccc4c3c2)n2c(nc3ccccc32)N1. The van der Waals surface area contributed by atoms with Gasteiger partial charge in [-0.2, -0.15) is 0 Å². The summed E-state index contributed by atoms with van der Waals surface area (Å²) in [4.78, 5) is 18.6. The Bertz CT molecular complexity index is 1830. The van der Waals surface area contributed by atoms with E-state index in [0.717, 1.165) is 49.9 Å². The summed E-state index contributed by atoms with van der Waals surface area (Å²) in [6, 6.07) is 31.4. The van der Waals surface area contributed by atoms with Crippen LogP contribution >= 0.6 is 0 Å². The third kappa shape index (κ3) is 3.11. The summed E-state index contributed by atoms with van der Waals surface area (Å²) in [5.74, 6) is 0.559. The van der Waals surface area contributed by atoms with Gasteiger partial charge in [0.15, 0.2) is 0 Å². The van der Waals surface area contributed by atoms with Gasteiger partial charge in [-0.25, -0.2) is 4.98 Å². The molecule has 0 radical (unpaired) electrons. The number of furan rings is 1. The van der Waals surface area contributed by atoms with Gasteiger partial charge in [0.05, 0.1) is 22.6 Å². The van der Waals surface area contributed by atoms with Crippen molar-refractivity contribution in [3.05, 3.63) is 114 Å². The molecule has 2 aromatic heterocycles. The van der Waals surface area contributed by atoms with Crippen LogP contribution in [0.5, 0.6) is 0 Å². The summed E-state index contributed by atoms with van der Waals surface area (Å²) in [5.41, 5.74) is 6.64. The molecule has 4 aromatic carbocycles. The topological polar surface area (TPSA) is 72.1 Å². The van der Waals surface area contributed by atoms with Crippen molar-refractivity contribution in [1.82, 2.24) is 9.55 Å². The van der Waals surface area contributed by atoms with Gasteiger partial charge in [0, 0.05) is 22.2 Å². The summed E-state index contributed by atoms with van der Waals surface area (Å²) in [7, 11) is 0.